The van der Waals surface area contributed by atoms with Gasteiger partial charge in [0.2, 0.25) is 0 Å². The van der Waals surface area contributed by atoms with Crippen LogP contribution in [-0.4, -0.2) is 41.2 Å². The van der Waals surface area contributed by atoms with E-state index in [1.54, 1.807) is 22.7 Å². The maximum atomic E-state index is 12.5. The molecule has 1 amide bonds. The largest absolute Gasteiger partial charge is 0.481 e. The number of benzene rings is 1. The minimum absolute atomic E-state index is 0.0566. The molecule has 1 aliphatic heterocycles. The zero-order chi connectivity index (χ0) is 14.5. The lowest BCUT2D eigenvalue weighted by atomic mass is 9.97. The maximum Gasteiger partial charge on any atom is 0.308 e. The number of hydrogen-bond acceptors (Lipinski definition) is 3. The third kappa shape index (κ3) is 3.54. The summed E-state index contributed by atoms with van der Waals surface area (Å²) >= 11 is 1.71. The molecule has 0 radical (unpaired) electrons. The molecule has 0 saturated carbocycles. The van der Waals surface area contributed by atoms with E-state index >= 15 is 0 Å². The number of carboxylic acids is 1. The van der Waals surface area contributed by atoms with Crippen molar-refractivity contribution in [3.8, 4) is 0 Å². The second-order valence-electron chi connectivity index (χ2n) is 5.06. The average Bonchev–Trinajstić information content (AvgIpc) is 2.47. The SMILES string of the molecule is CSCc1cccc(C(=O)N2CCC[C@@H](C(=O)O)C2)c1. The van der Waals surface area contributed by atoms with Gasteiger partial charge in [-0.2, -0.15) is 11.8 Å². The number of nitrogens with zero attached hydrogens (tertiary/aromatic N) is 1. The molecule has 1 atom stereocenters. The Bertz CT molecular complexity index is 504. The van der Waals surface area contributed by atoms with E-state index in [1.807, 2.05) is 24.5 Å². The first-order valence-electron chi connectivity index (χ1n) is 6.71. The highest BCUT2D eigenvalue weighted by atomic mass is 32.2. The smallest absolute Gasteiger partial charge is 0.308 e. The Morgan fingerprint density at radius 2 is 2.25 bits per heavy atom. The maximum absolute atomic E-state index is 12.5. The van der Waals surface area contributed by atoms with Crippen molar-refractivity contribution in [2.75, 3.05) is 19.3 Å². The van der Waals surface area contributed by atoms with Crippen molar-refractivity contribution in [3.63, 3.8) is 0 Å². The van der Waals surface area contributed by atoms with Crippen molar-refractivity contribution in [1.82, 2.24) is 4.90 Å². The standard InChI is InChI=1S/C15H19NO3S/c1-20-10-11-4-2-5-12(8-11)14(17)16-7-3-6-13(9-16)15(18)19/h2,4-5,8,13H,3,6-7,9-10H2,1H3,(H,18,19)/t13-/m1/s1. The number of carboxylic acid groups (broad SMARTS) is 1. The Morgan fingerprint density at radius 1 is 1.45 bits per heavy atom. The highest BCUT2D eigenvalue weighted by Gasteiger charge is 2.28. The molecule has 1 aromatic carbocycles. The fourth-order valence-electron chi connectivity index (χ4n) is 2.51. The lowest BCUT2D eigenvalue weighted by Crippen LogP contribution is -2.42. The molecule has 0 aliphatic carbocycles. The summed E-state index contributed by atoms with van der Waals surface area (Å²) in [6, 6.07) is 7.60. The molecular formula is C15H19NO3S. The van der Waals surface area contributed by atoms with Crippen LogP contribution in [0.3, 0.4) is 0 Å². The van der Waals surface area contributed by atoms with Crippen LogP contribution in [0.1, 0.15) is 28.8 Å². The molecule has 0 bridgehead atoms. The van der Waals surface area contributed by atoms with Gasteiger partial charge in [0.1, 0.15) is 0 Å². The predicted molar refractivity (Wildman–Crippen MR) is 79.9 cm³/mol. The Hall–Kier alpha value is -1.49. The van der Waals surface area contributed by atoms with Crippen molar-refractivity contribution in [3.05, 3.63) is 35.4 Å². The molecule has 1 fully saturated rings. The molecule has 1 saturated heterocycles. The molecule has 0 aromatic heterocycles. The Morgan fingerprint density at radius 3 is 2.95 bits per heavy atom. The second-order valence-corrected chi connectivity index (χ2v) is 5.93. The highest BCUT2D eigenvalue weighted by Crippen LogP contribution is 2.20. The van der Waals surface area contributed by atoms with Gasteiger partial charge in [-0.25, -0.2) is 0 Å². The van der Waals surface area contributed by atoms with E-state index in [0.717, 1.165) is 17.7 Å². The topological polar surface area (TPSA) is 57.6 Å². The molecular weight excluding hydrogens is 274 g/mol. The fraction of sp³-hybridized carbons (Fsp3) is 0.467. The van der Waals surface area contributed by atoms with Crippen molar-refractivity contribution >= 4 is 23.6 Å². The number of rotatable bonds is 4. The number of hydrogen-bond donors (Lipinski definition) is 1. The number of aliphatic carboxylic acids is 1. The van der Waals surface area contributed by atoms with Gasteiger partial charge in [-0.3, -0.25) is 9.59 Å². The molecule has 1 N–H and O–H groups in total. The fourth-order valence-corrected chi connectivity index (χ4v) is 3.02. The summed E-state index contributed by atoms with van der Waals surface area (Å²) in [5, 5.41) is 9.08. The first-order chi connectivity index (χ1) is 9.61. The molecule has 0 spiro atoms. The van der Waals surface area contributed by atoms with Crippen LogP contribution in [0.2, 0.25) is 0 Å². The van der Waals surface area contributed by atoms with Gasteiger partial charge in [-0.15, -0.1) is 0 Å². The van der Waals surface area contributed by atoms with E-state index in [9.17, 15) is 9.59 Å². The van der Waals surface area contributed by atoms with Crippen molar-refractivity contribution in [1.29, 1.82) is 0 Å². The third-order valence-corrected chi connectivity index (χ3v) is 4.16. The number of amides is 1. The van der Waals surface area contributed by atoms with Gasteiger partial charge in [0, 0.05) is 24.4 Å². The number of likely N-dealkylation sites (tertiary alicyclic amines) is 1. The van der Waals surface area contributed by atoms with E-state index in [-0.39, 0.29) is 5.91 Å². The summed E-state index contributed by atoms with van der Waals surface area (Å²) in [4.78, 5) is 25.2. The number of thioether (sulfide) groups is 1. The zero-order valence-electron chi connectivity index (χ0n) is 11.5. The monoisotopic (exact) mass is 293 g/mol. The van der Waals surface area contributed by atoms with E-state index in [1.165, 1.54) is 0 Å². The van der Waals surface area contributed by atoms with Gasteiger partial charge in [0.25, 0.3) is 5.91 Å². The van der Waals surface area contributed by atoms with Gasteiger partial charge in [0.15, 0.2) is 0 Å². The van der Waals surface area contributed by atoms with Gasteiger partial charge >= 0.3 is 5.97 Å². The molecule has 0 unspecified atom stereocenters. The van der Waals surface area contributed by atoms with Crippen LogP contribution < -0.4 is 0 Å². The molecule has 20 heavy (non-hydrogen) atoms. The molecule has 108 valence electrons. The van der Waals surface area contributed by atoms with Crippen LogP contribution in [0.4, 0.5) is 0 Å². The molecule has 1 heterocycles. The first kappa shape index (κ1) is 14.9. The molecule has 5 heteroatoms. The van der Waals surface area contributed by atoms with Crippen molar-refractivity contribution in [2.45, 2.75) is 18.6 Å². The Kier molecular flexibility index (Phi) is 5.06. The van der Waals surface area contributed by atoms with Gasteiger partial charge in [-0.1, -0.05) is 12.1 Å². The summed E-state index contributed by atoms with van der Waals surface area (Å²) in [5.41, 5.74) is 1.78. The van der Waals surface area contributed by atoms with Crippen LogP contribution in [0, 0.1) is 5.92 Å². The van der Waals surface area contributed by atoms with Crippen LogP contribution >= 0.6 is 11.8 Å². The lowest BCUT2D eigenvalue weighted by Gasteiger charge is -2.30. The van der Waals surface area contributed by atoms with E-state index in [2.05, 4.69) is 0 Å². The number of carbonyl (C=O) groups excluding carboxylic acids is 1. The summed E-state index contributed by atoms with van der Waals surface area (Å²) in [6.07, 6.45) is 3.44. The van der Waals surface area contributed by atoms with Crippen LogP contribution in [0.15, 0.2) is 24.3 Å². The van der Waals surface area contributed by atoms with Crippen LogP contribution in [-0.2, 0) is 10.5 Å². The van der Waals surface area contributed by atoms with Crippen molar-refractivity contribution in [2.24, 2.45) is 5.92 Å². The van der Waals surface area contributed by atoms with Crippen molar-refractivity contribution < 1.29 is 14.7 Å². The van der Waals surface area contributed by atoms with E-state index in [4.69, 9.17) is 5.11 Å². The molecule has 2 rings (SSSR count). The third-order valence-electron chi connectivity index (χ3n) is 3.54. The Labute approximate surface area is 123 Å². The van der Waals surface area contributed by atoms with Gasteiger partial charge in [-0.05, 0) is 36.8 Å². The summed E-state index contributed by atoms with van der Waals surface area (Å²) < 4.78 is 0. The second kappa shape index (κ2) is 6.79. The van der Waals surface area contributed by atoms with Crippen LogP contribution in [0.25, 0.3) is 0 Å². The summed E-state index contributed by atoms with van der Waals surface area (Å²) in [5.74, 6) is -0.418. The molecule has 1 aromatic rings. The highest BCUT2D eigenvalue weighted by molar-refractivity contribution is 7.97. The Balaban J connectivity index is 2.10. The zero-order valence-corrected chi connectivity index (χ0v) is 12.4. The van der Waals surface area contributed by atoms with Gasteiger partial charge < -0.3 is 10.0 Å². The molecule has 4 nitrogen and oxygen atoms in total. The van der Waals surface area contributed by atoms with E-state index < -0.39 is 11.9 Å². The first-order valence-corrected chi connectivity index (χ1v) is 8.11. The van der Waals surface area contributed by atoms with Crippen LogP contribution in [0.5, 0.6) is 0 Å². The average molecular weight is 293 g/mol. The number of carbonyl (C=O) groups is 2. The normalized spacial score (nSPS) is 18.9. The minimum Gasteiger partial charge on any atom is -0.481 e. The summed E-state index contributed by atoms with van der Waals surface area (Å²) in [6.45, 7) is 0.969. The lowest BCUT2D eigenvalue weighted by molar-refractivity contribution is -0.143. The number of piperidine rings is 1. The quantitative estimate of drug-likeness (QED) is 0.926. The summed E-state index contributed by atoms with van der Waals surface area (Å²) in [7, 11) is 0. The predicted octanol–water partition coefficient (Wildman–Crippen LogP) is 2.49. The minimum atomic E-state index is -0.807. The van der Waals surface area contributed by atoms with E-state index in [0.29, 0.717) is 25.1 Å². The molecule has 1 aliphatic rings. The van der Waals surface area contributed by atoms with Gasteiger partial charge in [0.05, 0.1) is 5.92 Å².